The van der Waals surface area contributed by atoms with E-state index in [1.54, 1.807) is 19.1 Å². The molecule has 2 N–H and O–H groups in total. The van der Waals surface area contributed by atoms with Crippen LogP contribution in [-0.2, 0) is 9.53 Å². The van der Waals surface area contributed by atoms with Gasteiger partial charge in [0.25, 0.3) is 5.91 Å². The third-order valence-electron chi connectivity index (χ3n) is 7.21. The number of amides is 1. The second kappa shape index (κ2) is 11.2. The molecule has 3 saturated heterocycles. The minimum absolute atomic E-state index is 0.0768. The zero-order valence-electron chi connectivity index (χ0n) is 19.7. The molecular weight excluding hydrogens is 472 g/mol. The number of ether oxygens (including phenoxy) is 1. The SMILES string of the molecule is Cc1ccc(C(=O)N2CCC3(CC2)COC(CN2CCC[C@H]2CO)C3)cc1F.O=C(O)C(F)(F)F. The lowest BCUT2D eigenvalue weighted by Gasteiger charge is -2.38. The number of carbonyl (C=O) groups excluding carboxylic acids is 1. The second-order valence-electron chi connectivity index (χ2n) is 9.67. The van der Waals surface area contributed by atoms with Crippen molar-refractivity contribution >= 4 is 11.9 Å². The number of piperidine rings is 1. The molecule has 0 aliphatic carbocycles. The molecule has 0 aromatic heterocycles. The van der Waals surface area contributed by atoms with Gasteiger partial charge in [-0.25, -0.2) is 9.18 Å². The first-order valence-corrected chi connectivity index (χ1v) is 11.8. The van der Waals surface area contributed by atoms with E-state index in [1.165, 1.54) is 6.07 Å². The minimum atomic E-state index is -5.08. The number of halogens is 4. The van der Waals surface area contributed by atoms with Gasteiger partial charge in [-0.15, -0.1) is 0 Å². The molecule has 1 aromatic rings. The average Bonchev–Trinajstić information content (AvgIpc) is 3.42. The quantitative estimate of drug-likeness (QED) is 0.612. The third-order valence-corrected chi connectivity index (χ3v) is 7.21. The Morgan fingerprint density at radius 3 is 2.43 bits per heavy atom. The van der Waals surface area contributed by atoms with Crippen molar-refractivity contribution in [1.29, 1.82) is 0 Å². The lowest BCUT2D eigenvalue weighted by molar-refractivity contribution is -0.192. The van der Waals surface area contributed by atoms with Crippen molar-refractivity contribution in [1.82, 2.24) is 9.80 Å². The van der Waals surface area contributed by atoms with E-state index in [0.29, 0.717) is 24.2 Å². The fourth-order valence-electron chi connectivity index (χ4n) is 5.06. The summed E-state index contributed by atoms with van der Waals surface area (Å²) in [5, 5.41) is 16.6. The van der Waals surface area contributed by atoms with Crippen molar-refractivity contribution in [3.63, 3.8) is 0 Å². The first kappa shape index (κ1) is 27.3. The number of hydrogen-bond donors (Lipinski definition) is 2. The number of likely N-dealkylation sites (tertiary alicyclic amines) is 2. The van der Waals surface area contributed by atoms with E-state index >= 15 is 0 Å². The van der Waals surface area contributed by atoms with Gasteiger partial charge in [0.05, 0.1) is 19.3 Å². The molecule has 0 saturated carbocycles. The van der Waals surface area contributed by atoms with Gasteiger partial charge in [-0.3, -0.25) is 9.69 Å². The van der Waals surface area contributed by atoms with E-state index in [1.807, 2.05) is 4.90 Å². The maximum Gasteiger partial charge on any atom is 0.490 e. The summed E-state index contributed by atoms with van der Waals surface area (Å²) in [4.78, 5) is 25.8. The van der Waals surface area contributed by atoms with Crippen molar-refractivity contribution in [3.05, 3.63) is 35.1 Å². The summed E-state index contributed by atoms with van der Waals surface area (Å²) in [7, 11) is 0. The highest BCUT2D eigenvalue weighted by molar-refractivity contribution is 5.94. The Kier molecular flexibility index (Phi) is 8.76. The van der Waals surface area contributed by atoms with Crippen molar-refractivity contribution in [2.24, 2.45) is 5.41 Å². The molecule has 11 heteroatoms. The van der Waals surface area contributed by atoms with Crippen LogP contribution in [0.15, 0.2) is 18.2 Å². The van der Waals surface area contributed by atoms with Crippen LogP contribution < -0.4 is 0 Å². The zero-order valence-corrected chi connectivity index (χ0v) is 19.7. The van der Waals surface area contributed by atoms with E-state index in [4.69, 9.17) is 14.6 Å². The summed E-state index contributed by atoms with van der Waals surface area (Å²) in [5.41, 5.74) is 1.16. The smallest absolute Gasteiger partial charge is 0.475 e. The molecule has 196 valence electrons. The summed E-state index contributed by atoms with van der Waals surface area (Å²) < 4.78 is 51.7. The Balaban J connectivity index is 0.000000429. The number of rotatable bonds is 4. The number of aliphatic hydroxyl groups excluding tert-OH is 1. The lowest BCUT2D eigenvalue weighted by atomic mass is 9.76. The Labute approximate surface area is 201 Å². The maximum atomic E-state index is 13.8. The van der Waals surface area contributed by atoms with Crippen LogP contribution in [0.4, 0.5) is 17.6 Å². The first-order valence-electron chi connectivity index (χ1n) is 11.8. The zero-order chi connectivity index (χ0) is 25.8. The van der Waals surface area contributed by atoms with E-state index in [0.717, 1.165) is 51.8 Å². The van der Waals surface area contributed by atoms with Crippen LogP contribution in [0, 0.1) is 18.2 Å². The standard InChI is InChI=1S/C22H31FN2O3.C2HF3O2/c1-16-4-5-17(11-20(16)23)21(27)24-9-6-22(7-10-24)12-19(28-15-22)13-25-8-2-3-18(25)14-26;3-2(4,5)1(6)7/h4-5,11,18-19,26H,2-3,6-10,12-15H2,1H3;(H,6,7)/t18-,19?;/m0./s1. The summed E-state index contributed by atoms with van der Waals surface area (Å²) in [5.74, 6) is -3.16. The molecule has 1 aromatic carbocycles. The molecule has 0 radical (unpaired) electrons. The van der Waals surface area contributed by atoms with Crippen LogP contribution in [0.1, 0.15) is 48.0 Å². The van der Waals surface area contributed by atoms with Crippen LogP contribution in [0.3, 0.4) is 0 Å². The van der Waals surface area contributed by atoms with Gasteiger partial charge < -0.3 is 19.8 Å². The molecule has 0 bridgehead atoms. The van der Waals surface area contributed by atoms with Gasteiger partial charge in [0.15, 0.2) is 0 Å². The predicted molar refractivity (Wildman–Crippen MR) is 118 cm³/mol. The van der Waals surface area contributed by atoms with E-state index in [9.17, 15) is 27.5 Å². The lowest BCUT2D eigenvalue weighted by Crippen LogP contribution is -2.44. The summed E-state index contributed by atoms with van der Waals surface area (Å²) in [6.07, 6.45) is 0.272. The number of hydrogen-bond acceptors (Lipinski definition) is 5. The molecule has 35 heavy (non-hydrogen) atoms. The molecule has 3 aliphatic heterocycles. The maximum absolute atomic E-state index is 13.8. The number of carboxylic acids is 1. The highest BCUT2D eigenvalue weighted by Gasteiger charge is 2.44. The molecule has 7 nitrogen and oxygen atoms in total. The molecule has 2 atom stereocenters. The number of aliphatic carboxylic acids is 1. The molecular formula is C24H32F4N2O5. The largest absolute Gasteiger partial charge is 0.490 e. The fourth-order valence-corrected chi connectivity index (χ4v) is 5.06. The molecule has 3 heterocycles. The number of carbonyl (C=O) groups is 2. The van der Waals surface area contributed by atoms with Crippen LogP contribution >= 0.6 is 0 Å². The average molecular weight is 505 g/mol. The fraction of sp³-hybridized carbons (Fsp3) is 0.667. The van der Waals surface area contributed by atoms with Gasteiger partial charge in [-0.05, 0) is 68.7 Å². The van der Waals surface area contributed by atoms with Gasteiger partial charge in [0, 0.05) is 31.2 Å². The van der Waals surface area contributed by atoms with E-state index in [2.05, 4.69) is 4.90 Å². The van der Waals surface area contributed by atoms with Crippen molar-refractivity contribution < 1.29 is 42.1 Å². The number of aliphatic hydroxyl groups is 1. The monoisotopic (exact) mass is 504 g/mol. The van der Waals surface area contributed by atoms with Gasteiger partial charge in [-0.2, -0.15) is 13.2 Å². The Morgan fingerprint density at radius 2 is 1.86 bits per heavy atom. The molecule has 1 unspecified atom stereocenters. The van der Waals surface area contributed by atoms with Gasteiger partial charge >= 0.3 is 12.1 Å². The topological polar surface area (TPSA) is 90.3 Å². The second-order valence-corrected chi connectivity index (χ2v) is 9.67. The van der Waals surface area contributed by atoms with Crippen molar-refractivity contribution in [2.75, 3.05) is 39.4 Å². The number of alkyl halides is 3. The number of benzene rings is 1. The van der Waals surface area contributed by atoms with Gasteiger partial charge in [0.2, 0.25) is 0 Å². The Morgan fingerprint density at radius 1 is 1.20 bits per heavy atom. The number of nitrogens with zero attached hydrogens (tertiary/aromatic N) is 2. The predicted octanol–water partition coefficient (Wildman–Crippen LogP) is 3.24. The molecule has 3 aliphatic rings. The highest BCUT2D eigenvalue weighted by atomic mass is 19.4. The Hall–Kier alpha value is -2.24. The van der Waals surface area contributed by atoms with E-state index < -0.39 is 12.1 Å². The number of carboxylic acid groups (broad SMARTS) is 1. The van der Waals surface area contributed by atoms with Crippen LogP contribution in [0.5, 0.6) is 0 Å². The van der Waals surface area contributed by atoms with Gasteiger partial charge in [0.1, 0.15) is 5.82 Å². The molecule has 4 rings (SSSR count). The van der Waals surface area contributed by atoms with E-state index in [-0.39, 0.29) is 35.9 Å². The first-order chi connectivity index (χ1) is 16.4. The highest BCUT2D eigenvalue weighted by Crippen LogP contribution is 2.42. The van der Waals surface area contributed by atoms with Crippen LogP contribution in [0.25, 0.3) is 0 Å². The Bertz CT molecular complexity index is 902. The van der Waals surface area contributed by atoms with Crippen LogP contribution in [0.2, 0.25) is 0 Å². The van der Waals surface area contributed by atoms with Gasteiger partial charge in [-0.1, -0.05) is 6.07 Å². The van der Waals surface area contributed by atoms with Crippen LogP contribution in [-0.4, -0.2) is 89.6 Å². The molecule has 3 fully saturated rings. The normalized spacial score (nSPS) is 24.3. The molecule has 1 spiro atoms. The summed E-state index contributed by atoms with van der Waals surface area (Å²) in [6, 6.07) is 5.02. The summed E-state index contributed by atoms with van der Waals surface area (Å²) >= 11 is 0. The minimum Gasteiger partial charge on any atom is -0.475 e. The molecule has 1 amide bonds. The summed E-state index contributed by atoms with van der Waals surface area (Å²) in [6.45, 7) is 6.05. The number of aryl methyl sites for hydroxylation is 1. The van der Waals surface area contributed by atoms with Crippen molar-refractivity contribution in [2.45, 2.75) is 57.3 Å². The van der Waals surface area contributed by atoms with Crippen molar-refractivity contribution in [3.8, 4) is 0 Å². The third kappa shape index (κ3) is 6.92.